The summed E-state index contributed by atoms with van der Waals surface area (Å²) in [5, 5.41) is 0. The molecule has 18 heavy (non-hydrogen) atoms. The van der Waals surface area contributed by atoms with Crippen molar-refractivity contribution in [3.05, 3.63) is 29.8 Å². The maximum atomic E-state index is 13.2. The van der Waals surface area contributed by atoms with E-state index in [1.165, 1.54) is 4.90 Å². The quantitative estimate of drug-likeness (QED) is 0.667. The van der Waals surface area contributed by atoms with E-state index in [0.29, 0.717) is 37.5 Å². The van der Waals surface area contributed by atoms with Gasteiger partial charge in [0, 0.05) is 18.8 Å². The van der Waals surface area contributed by atoms with Crippen LogP contribution >= 0.6 is 0 Å². The predicted octanol–water partition coefficient (Wildman–Crippen LogP) is 3.01. The SMILES string of the molecule is Nc1ccc(C2CCN(C(F)C(F)F)CC2)cc1. The van der Waals surface area contributed by atoms with Crippen molar-refractivity contribution < 1.29 is 13.2 Å². The average Bonchev–Trinajstić information content (AvgIpc) is 2.39. The summed E-state index contributed by atoms with van der Waals surface area (Å²) in [6.07, 6.45) is -3.64. The molecule has 0 spiro atoms. The first-order chi connectivity index (χ1) is 8.58. The molecule has 5 heteroatoms. The van der Waals surface area contributed by atoms with Gasteiger partial charge in [0.2, 0.25) is 6.30 Å². The van der Waals surface area contributed by atoms with E-state index in [0.717, 1.165) is 5.56 Å². The molecular weight excluding hydrogens is 241 g/mol. The van der Waals surface area contributed by atoms with E-state index in [1.54, 1.807) is 0 Å². The molecule has 100 valence electrons. The van der Waals surface area contributed by atoms with Gasteiger partial charge < -0.3 is 5.73 Å². The Morgan fingerprint density at radius 2 is 1.61 bits per heavy atom. The van der Waals surface area contributed by atoms with Crippen LogP contribution in [0, 0.1) is 0 Å². The second-order valence-corrected chi connectivity index (χ2v) is 4.68. The largest absolute Gasteiger partial charge is 0.399 e. The van der Waals surface area contributed by atoms with Crippen LogP contribution in [0.1, 0.15) is 24.3 Å². The highest BCUT2D eigenvalue weighted by molar-refractivity contribution is 5.40. The number of piperidine rings is 1. The Kier molecular flexibility index (Phi) is 4.11. The molecule has 1 fully saturated rings. The number of hydrogen-bond acceptors (Lipinski definition) is 2. The fourth-order valence-corrected chi connectivity index (χ4v) is 2.41. The van der Waals surface area contributed by atoms with Crippen LogP contribution in [0.2, 0.25) is 0 Å². The molecule has 0 radical (unpaired) electrons. The van der Waals surface area contributed by atoms with Gasteiger partial charge in [-0.05, 0) is 36.5 Å². The van der Waals surface area contributed by atoms with E-state index in [-0.39, 0.29) is 0 Å². The van der Waals surface area contributed by atoms with E-state index in [9.17, 15) is 13.2 Å². The molecule has 1 heterocycles. The van der Waals surface area contributed by atoms with Crippen molar-refractivity contribution in [3.8, 4) is 0 Å². The second kappa shape index (κ2) is 5.61. The Labute approximate surface area is 105 Å². The highest BCUT2D eigenvalue weighted by atomic mass is 19.3. The number of nitrogens with two attached hydrogens (primary N) is 1. The topological polar surface area (TPSA) is 29.3 Å². The molecule has 0 aliphatic carbocycles. The van der Waals surface area contributed by atoms with Gasteiger partial charge in [-0.3, -0.25) is 4.90 Å². The summed E-state index contributed by atoms with van der Waals surface area (Å²) >= 11 is 0. The lowest BCUT2D eigenvalue weighted by atomic mass is 9.89. The molecule has 1 aliphatic rings. The van der Waals surface area contributed by atoms with Gasteiger partial charge >= 0.3 is 0 Å². The van der Waals surface area contributed by atoms with Gasteiger partial charge in [-0.2, -0.15) is 0 Å². The normalized spacial score (nSPS) is 20.2. The number of nitrogens with zero attached hydrogens (tertiary/aromatic N) is 1. The van der Waals surface area contributed by atoms with Gasteiger partial charge in [0.15, 0.2) is 0 Å². The summed E-state index contributed by atoms with van der Waals surface area (Å²) in [5.41, 5.74) is 7.47. The van der Waals surface area contributed by atoms with Crippen LogP contribution in [-0.2, 0) is 0 Å². The minimum Gasteiger partial charge on any atom is -0.399 e. The molecule has 0 saturated carbocycles. The first kappa shape index (κ1) is 13.2. The minimum absolute atomic E-state index is 0.312. The van der Waals surface area contributed by atoms with E-state index < -0.39 is 12.7 Å². The van der Waals surface area contributed by atoms with E-state index >= 15 is 0 Å². The number of benzene rings is 1. The van der Waals surface area contributed by atoms with Gasteiger partial charge in [0.05, 0.1) is 0 Å². The van der Waals surface area contributed by atoms with E-state index in [4.69, 9.17) is 5.73 Å². The predicted molar refractivity (Wildman–Crippen MR) is 65.3 cm³/mol. The third-order valence-corrected chi connectivity index (χ3v) is 3.49. The lowest BCUT2D eigenvalue weighted by Crippen LogP contribution is -2.42. The van der Waals surface area contributed by atoms with E-state index in [1.807, 2.05) is 24.3 Å². The van der Waals surface area contributed by atoms with Gasteiger partial charge in [-0.15, -0.1) is 0 Å². The lowest BCUT2D eigenvalue weighted by molar-refractivity contribution is -0.0575. The van der Waals surface area contributed by atoms with Crippen LogP contribution in [0.5, 0.6) is 0 Å². The van der Waals surface area contributed by atoms with Gasteiger partial charge in [-0.25, -0.2) is 13.2 Å². The fraction of sp³-hybridized carbons (Fsp3) is 0.538. The monoisotopic (exact) mass is 258 g/mol. The molecule has 1 aliphatic heterocycles. The molecule has 2 nitrogen and oxygen atoms in total. The van der Waals surface area contributed by atoms with Crippen LogP contribution in [0.15, 0.2) is 24.3 Å². The van der Waals surface area contributed by atoms with Crippen molar-refractivity contribution in [3.63, 3.8) is 0 Å². The molecular formula is C13H17F3N2. The summed E-state index contributed by atoms with van der Waals surface area (Å²) < 4.78 is 37.6. The molecule has 2 rings (SSSR count). The highest BCUT2D eigenvalue weighted by Gasteiger charge is 2.30. The maximum absolute atomic E-state index is 13.2. The summed E-state index contributed by atoms with van der Waals surface area (Å²) in [6.45, 7) is 0.751. The maximum Gasteiger partial charge on any atom is 0.282 e. The number of rotatable bonds is 3. The van der Waals surface area contributed by atoms with Crippen molar-refractivity contribution in [2.24, 2.45) is 0 Å². The zero-order valence-electron chi connectivity index (χ0n) is 10.0. The third kappa shape index (κ3) is 2.96. The Balaban J connectivity index is 1.92. The molecule has 0 bridgehead atoms. The van der Waals surface area contributed by atoms with Crippen molar-refractivity contribution in [1.82, 2.24) is 4.90 Å². The summed E-state index contributed by atoms with van der Waals surface area (Å²) in [7, 11) is 0. The Hall–Kier alpha value is -1.23. The summed E-state index contributed by atoms with van der Waals surface area (Å²) in [6, 6.07) is 7.57. The fourth-order valence-electron chi connectivity index (χ4n) is 2.41. The molecule has 1 unspecified atom stereocenters. The number of alkyl halides is 3. The molecule has 0 amide bonds. The van der Waals surface area contributed by atoms with Crippen LogP contribution < -0.4 is 5.73 Å². The average molecular weight is 258 g/mol. The van der Waals surface area contributed by atoms with Crippen molar-refractivity contribution in [2.45, 2.75) is 31.5 Å². The molecule has 1 aromatic carbocycles. The minimum atomic E-state index is -2.92. The zero-order chi connectivity index (χ0) is 13.1. The van der Waals surface area contributed by atoms with Crippen LogP contribution in [0.4, 0.5) is 18.9 Å². The number of halogens is 3. The Morgan fingerprint density at radius 3 is 2.11 bits per heavy atom. The summed E-state index contributed by atoms with van der Waals surface area (Å²) in [4.78, 5) is 1.22. The highest BCUT2D eigenvalue weighted by Crippen LogP contribution is 2.30. The first-order valence-electron chi connectivity index (χ1n) is 6.09. The molecule has 2 N–H and O–H groups in total. The Bertz CT molecular complexity index is 372. The van der Waals surface area contributed by atoms with Crippen LogP contribution in [0.3, 0.4) is 0 Å². The van der Waals surface area contributed by atoms with Gasteiger partial charge in [-0.1, -0.05) is 12.1 Å². The molecule has 1 aromatic rings. The van der Waals surface area contributed by atoms with E-state index in [2.05, 4.69) is 0 Å². The molecule has 1 saturated heterocycles. The molecule has 0 aromatic heterocycles. The van der Waals surface area contributed by atoms with Gasteiger partial charge in [0.1, 0.15) is 0 Å². The lowest BCUT2D eigenvalue weighted by Gasteiger charge is -2.33. The van der Waals surface area contributed by atoms with Crippen LogP contribution in [0.25, 0.3) is 0 Å². The molecule has 1 atom stereocenters. The number of anilines is 1. The van der Waals surface area contributed by atoms with Crippen LogP contribution in [-0.4, -0.2) is 30.7 Å². The standard InChI is InChI=1S/C13H17F3N2/c14-12(15)13(16)18-7-5-10(6-8-18)9-1-3-11(17)4-2-9/h1-4,10,12-13H,5-8,17H2. The van der Waals surface area contributed by atoms with Crippen molar-refractivity contribution in [2.75, 3.05) is 18.8 Å². The second-order valence-electron chi connectivity index (χ2n) is 4.68. The number of likely N-dealkylation sites (tertiary alicyclic amines) is 1. The van der Waals surface area contributed by atoms with Gasteiger partial charge in [0.25, 0.3) is 6.43 Å². The zero-order valence-corrected chi connectivity index (χ0v) is 10.0. The number of hydrogen-bond donors (Lipinski definition) is 1. The van der Waals surface area contributed by atoms with Crippen molar-refractivity contribution >= 4 is 5.69 Å². The third-order valence-electron chi connectivity index (χ3n) is 3.49. The Morgan fingerprint density at radius 1 is 1.06 bits per heavy atom. The summed E-state index contributed by atoms with van der Waals surface area (Å²) in [5.74, 6) is 0.312. The van der Waals surface area contributed by atoms with Crippen molar-refractivity contribution in [1.29, 1.82) is 0 Å². The first-order valence-corrected chi connectivity index (χ1v) is 6.09. The number of nitrogen functional groups attached to an aromatic ring is 1. The smallest absolute Gasteiger partial charge is 0.282 e.